The van der Waals surface area contributed by atoms with E-state index in [4.69, 9.17) is 4.74 Å². The van der Waals surface area contributed by atoms with Gasteiger partial charge in [0.1, 0.15) is 11.6 Å². The summed E-state index contributed by atoms with van der Waals surface area (Å²) < 4.78 is 31.1. The van der Waals surface area contributed by atoms with Crippen molar-refractivity contribution in [3.05, 3.63) is 29.3 Å². The quantitative estimate of drug-likeness (QED) is 0.700. The Morgan fingerprint density at radius 3 is 2.62 bits per heavy atom. The monoisotopic (exact) mass is 204 g/mol. The number of hydrogen-bond acceptors (Lipinski definition) is 2. The summed E-state index contributed by atoms with van der Waals surface area (Å²) in [6.07, 6.45) is 1.64. The molecule has 0 atom stereocenters. The number of benzene rings is 1. The van der Waals surface area contributed by atoms with E-state index in [1.165, 1.54) is 19.2 Å². The Morgan fingerprint density at radius 1 is 1.38 bits per heavy atom. The van der Waals surface area contributed by atoms with E-state index in [0.717, 1.165) is 11.8 Å². The van der Waals surface area contributed by atoms with E-state index in [-0.39, 0.29) is 11.5 Å². The van der Waals surface area contributed by atoms with E-state index in [1.807, 2.05) is 0 Å². The average Bonchev–Trinajstić information content (AvgIpc) is 2.11. The molecule has 0 unspecified atom stereocenters. The van der Waals surface area contributed by atoms with Gasteiger partial charge in [0.25, 0.3) is 0 Å². The van der Waals surface area contributed by atoms with Gasteiger partial charge in [0.15, 0.2) is 0 Å². The molecule has 0 aromatic heterocycles. The smallest absolute Gasteiger partial charge is 0.145 e. The summed E-state index contributed by atoms with van der Waals surface area (Å²) in [7, 11) is 1.47. The minimum absolute atomic E-state index is 0.0505. The summed E-state index contributed by atoms with van der Waals surface area (Å²) in [5.41, 5.74) is 0.383. The van der Waals surface area contributed by atoms with Crippen LogP contribution in [0.1, 0.15) is 5.56 Å². The van der Waals surface area contributed by atoms with Gasteiger partial charge in [-0.2, -0.15) is 0 Å². The van der Waals surface area contributed by atoms with Crippen LogP contribution in [-0.2, 0) is 11.3 Å². The van der Waals surface area contributed by atoms with Crippen LogP contribution in [0.2, 0.25) is 0 Å². The van der Waals surface area contributed by atoms with Gasteiger partial charge in [-0.3, -0.25) is 0 Å². The van der Waals surface area contributed by atoms with Gasteiger partial charge in [0, 0.05) is 12.7 Å². The Bertz CT molecular complexity index is 302. The van der Waals surface area contributed by atoms with E-state index in [2.05, 4.69) is 0 Å². The summed E-state index contributed by atoms with van der Waals surface area (Å²) >= 11 is 1.06. The van der Waals surface area contributed by atoms with Crippen LogP contribution in [0.25, 0.3) is 0 Å². The van der Waals surface area contributed by atoms with Crippen molar-refractivity contribution >= 4 is 11.8 Å². The SMILES string of the molecule is COCc1ccc(F)c(SC)c1F. The highest BCUT2D eigenvalue weighted by atomic mass is 32.2. The van der Waals surface area contributed by atoms with Crippen molar-refractivity contribution < 1.29 is 13.5 Å². The molecule has 0 aliphatic carbocycles. The molecule has 0 aliphatic rings. The molecule has 0 N–H and O–H groups in total. The molecule has 13 heavy (non-hydrogen) atoms. The highest BCUT2D eigenvalue weighted by Gasteiger charge is 2.11. The first-order valence-electron chi connectivity index (χ1n) is 3.70. The fraction of sp³-hybridized carbons (Fsp3) is 0.333. The van der Waals surface area contributed by atoms with Gasteiger partial charge < -0.3 is 4.74 Å². The van der Waals surface area contributed by atoms with Crippen molar-refractivity contribution in [2.24, 2.45) is 0 Å². The fourth-order valence-electron chi connectivity index (χ4n) is 1.03. The topological polar surface area (TPSA) is 9.23 Å². The van der Waals surface area contributed by atoms with E-state index in [0.29, 0.717) is 5.56 Å². The van der Waals surface area contributed by atoms with Crippen LogP contribution in [0.4, 0.5) is 8.78 Å². The minimum Gasteiger partial charge on any atom is -0.380 e. The number of hydrogen-bond donors (Lipinski definition) is 0. The zero-order chi connectivity index (χ0) is 9.84. The van der Waals surface area contributed by atoms with Gasteiger partial charge in [0.05, 0.1) is 11.5 Å². The van der Waals surface area contributed by atoms with E-state index in [1.54, 1.807) is 6.26 Å². The maximum Gasteiger partial charge on any atom is 0.145 e. The molecule has 1 aromatic carbocycles. The zero-order valence-corrected chi connectivity index (χ0v) is 8.25. The van der Waals surface area contributed by atoms with Crippen molar-refractivity contribution in [3.8, 4) is 0 Å². The first-order valence-corrected chi connectivity index (χ1v) is 4.93. The molecule has 0 radical (unpaired) electrons. The summed E-state index contributed by atoms with van der Waals surface area (Å²) in [5.74, 6) is -1.04. The zero-order valence-electron chi connectivity index (χ0n) is 7.43. The molecule has 0 heterocycles. The van der Waals surface area contributed by atoms with E-state index in [9.17, 15) is 8.78 Å². The predicted molar refractivity (Wildman–Crippen MR) is 48.9 cm³/mol. The van der Waals surface area contributed by atoms with Crippen LogP contribution in [0.15, 0.2) is 17.0 Å². The number of ether oxygens (including phenoxy) is 1. The Balaban J connectivity index is 3.11. The largest absolute Gasteiger partial charge is 0.380 e. The average molecular weight is 204 g/mol. The molecule has 1 aromatic rings. The van der Waals surface area contributed by atoms with Crippen molar-refractivity contribution in [1.29, 1.82) is 0 Å². The van der Waals surface area contributed by atoms with Crippen molar-refractivity contribution in [1.82, 2.24) is 0 Å². The number of rotatable bonds is 3. The van der Waals surface area contributed by atoms with Crippen LogP contribution in [0, 0.1) is 11.6 Å². The molecule has 4 heteroatoms. The maximum atomic E-state index is 13.4. The van der Waals surface area contributed by atoms with Gasteiger partial charge in [0.2, 0.25) is 0 Å². The maximum absolute atomic E-state index is 13.4. The van der Waals surface area contributed by atoms with Crippen molar-refractivity contribution in [3.63, 3.8) is 0 Å². The third-order valence-corrected chi connectivity index (χ3v) is 2.42. The van der Waals surface area contributed by atoms with E-state index >= 15 is 0 Å². The second-order valence-corrected chi connectivity index (χ2v) is 3.30. The molecule has 1 rings (SSSR count). The molecular formula is C9H10F2OS. The molecule has 0 fully saturated rings. The molecule has 1 nitrogen and oxygen atoms in total. The minimum atomic E-state index is -0.523. The Kier molecular flexibility index (Phi) is 3.69. The van der Waals surface area contributed by atoms with E-state index < -0.39 is 11.6 Å². The van der Waals surface area contributed by atoms with Gasteiger partial charge >= 0.3 is 0 Å². The number of halogens is 2. The molecule has 0 amide bonds. The van der Waals surface area contributed by atoms with Crippen LogP contribution in [0.5, 0.6) is 0 Å². The summed E-state index contributed by atoms with van der Waals surface area (Å²) in [5, 5.41) is 0. The number of methoxy groups -OCH3 is 1. The van der Waals surface area contributed by atoms with Gasteiger partial charge in [-0.1, -0.05) is 6.07 Å². The normalized spacial score (nSPS) is 10.5. The van der Waals surface area contributed by atoms with Crippen LogP contribution < -0.4 is 0 Å². The molecule has 0 saturated carbocycles. The summed E-state index contributed by atoms with van der Waals surface area (Å²) in [4.78, 5) is 0.0505. The Morgan fingerprint density at radius 2 is 2.08 bits per heavy atom. The molecule has 0 aliphatic heterocycles. The lowest BCUT2D eigenvalue weighted by Gasteiger charge is -2.06. The van der Waals surface area contributed by atoms with Crippen LogP contribution in [0.3, 0.4) is 0 Å². The lowest BCUT2D eigenvalue weighted by molar-refractivity contribution is 0.180. The highest BCUT2D eigenvalue weighted by Crippen LogP contribution is 2.25. The lowest BCUT2D eigenvalue weighted by Crippen LogP contribution is -1.96. The lowest BCUT2D eigenvalue weighted by atomic mass is 10.2. The standard InChI is InChI=1S/C9H10F2OS/c1-12-5-6-3-4-7(10)9(13-2)8(6)11/h3-4H,5H2,1-2H3. The Hall–Kier alpha value is -0.610. The van der Waals surface area contributed by atoms with Crippen LogP contribution in [-0.4, -0.2) is 13.4 Å². The highest BCUT2D eigenvalue weighted by molar-refractivity contribution is 7.98. The first-order chi connectivity index (χ1) is 6.20. The van der Waals surface area contributed by atoms with Gasteiger partial charge in [-0.25, -0.2) is 8.78 Å². The van der Waals surface area contributed by atoms with Crippen LogP contribution >= 0.6 is 11.8 Å². The molecular weight excluding hydrogens is 194 g/mol. The summed E-state index contributed by atoms with van der Waals surface area (Å²) in [6, 6.07) is 2.65. The molecule has 0 bridgehead atoms. The Labute approximate surface area is 80.1 Å². The van der Waals surface area contributed by atoms with Crippen molar-refractivity contribution in [2.75, 3.05) is 13.4 Å². The third kappa shape index (κ3) is 2.19. The molecule has 72 valence electrons. The van der Waals surface area contributed by atoms with Gasteiger partial charge in [-0.05, 0) is 12.3 Å². The molecule has 0 spiro atoms. The second-order valence-electron chi connectivity index (χ2n) is 2.49. The summed E-state index contributed by atoms with van der Waals surface area (Å²) in [6.45, 7) is 0.166. The first kappa shape index (κ1) is 10.5. The van der Waals surface area contributed by atoms with Gasteiger partial charge in [-0.15, -0.1) is 11.8 Å². The van der Waals surface area contributed by atoms with Crippen molar-refractivity contribution in [2.45, 2.75) is 11.5 Å². The second kappa shape index (κ2) is 4.58. The molecule has 0 saturated heterocycles. The third-order valence-electron chi connectivity index (χ3n) is 1.63. The fourth-order valence-corrected chi connectivity index (χ4v) is 1.60. The number of thioether (sulfide) groups is 1. The predicted octanol–water partition coefficient (Wildman–Crippen LogP) is 2.83.